The zero-order chi connectivity index (χ0) is 16.4. The maximum absolute atomic E-state index is 12.3. The van der Waals surface area contributed by atoms with Crippen LogP contribution in [0.3, 0.4) is 0 Å². The highest BCUT2D eigenvalue weighted by atomic mass is 16.5. The Bertz CT molecular complexity index is 846. The van der Waals surface area contributed by atoms with Gasteiger partial charge in [0, 0.05) is 6.42 Å². The second-order valence-corrected chi connectivity index (χ2v) is 5.59. The van der Waals surface area contributed by atoms with Gasteiger partial charge in [-0.25, -0.2) is 4.79 Å². The van der Waals surface area contributed by atoms with E-state index in [1.165, 1.54) is 6.07 Å². The Labute approximate surface area is 134 Å². The molecule has 2 aromatic rings. The van der Waals surface area contributed by atoms with Crippen LogP contribution in [-0.4, -0.2) is 11.8 Å². The van der Waals surface area contributed by atoms with Crippen LogP contribution in [0.4, 0.5) is 0 Å². The Kier molecular flexibility index (Phi) is 3.94. The van der Waals surface area contributed by atoms with Gasteiger partial charge in [0.05, 0.1) is 22.8 Å². The molecule has 1 aliphatic rings. The van der Waals surface area contributed by atoms with E-state index >= 15 is 0 Å². The summed E-state index contributed by atoms with van der Waals surface area (Å²) in [6, 6.07) is 11.8. The predicted molar refractivity (Wildman–Crippen MR) is 84.6 cm³/mol. The number of nitrogens with zero attached hydrogens (tertiary/aromatic N) is 1. The number of rotatable bonds is 2. The van der Waals surface area contributed by atoms with Gasteiger partial charge in [0.2, 0.25) is 0 Å². The number of carbonyl (C=O) groups excluding carboxylic acids is 2. The molecule has 0 bridgehead atoms. The van der Waals surface area contributed by atoms with Crippen molar-refractivity contribution >= 4 is 11.8 Å². The Morgan fingerprint density at radius 2 is 2.04 bits per heavy atom. The van der Waals surface area contributed by atoms with Crippen LogP contribution in [0.25, 0.3) is 0 Å². The smallest absolute Gasteiger partial charge is 0.343 e. The monoisotopic (exact) mass is 305 g/mol. The summed E-state index contributed by atoms with van der Waals surface area (Å²) in [4.78, 5) is 24.6. The molecule has 0 heterocycles. The summed E-state index contributed by atoms with van der Waals surface area (Å²) in [5.41, 5.74) is 3.22. The van der Waals surface area contributed by atoms with Crippen molar-refractivity contribution in [2.75, 3.05) is 0 Å². The first-order valence-corrected chi connectivity index (χ1v) is 7.48. The topological polar surface area (TPSA) is 67.2 Å². The van der Waals surface area contributed by atoms with Crippen molar-refractivity contribution < 1.29 is 14.3 Å². The maximum Gasteiger partial charge on any atom is 0.343 e. The highest BCUT2D eigenvalue weighted by Crippen LogP contribution is 2.32. The third kappa shape index (κ3) is 2.86. The van der Waals surface area contributed by atoms with Gasteiger partial charge in [-0.15, -0.1) is 0 Å². The summed E-state index contributed by atoms with van der Waals surface area (Å²) in [5, 5.41) is 8.91. The van der Waals surface area contributed by atoms with E-state index in [2.05, 4.69) is 0 Å². The number of benzene rings is 2. The van der Waals surface area contributed by atoms with Crippen molar-refractivity contribution in [1.82, 2.24) is 0 Å². The number of ketones is 1. The first-order valence-electron chi connectivity index (χ1n) is 7.48. The van der Waals surface area contributed by atoms with E-state index in [0.717, 1.165) is 24.0 Å². The predicted octanol–water partition coefficient (Wildman–Crippen LogP) is 3.60. The van der Waals surface area contributed by atoms with Crippen LogP contribution in [0.15, 0.2) is 36.4 Å². The molecule has 0 spiro atoms. The van der Waals surface area contributed by atoms with Crippen molar-refractivity contribution in [1.29, 1.82) is 5.26 Å². The molecule has 114 valence electrons. The number of fused-ring (bicyclic) bond motifs is 1. The SMILES string of the molecule is Cc1ccc(OC(=O)c2cccc(C#N)c2)c2c1CCCC2=O. The number of ether oxygens (including phenoxy) is 1. The van der Waals surface area contributed by atoms with E-state index in [1.807, 2.05) is 19.1 Å². The third-order valence-electron chi connectivity index (χ3n) is 4.05. The van der Waals surface area contributed by atoms with Gasteiger partial charge in [0.15, 0.2) is 5.78 Å². The van der Waals surface area contributed by atoms with E-state index in [9.17, 15) is 9.59 Å². The lowest BCUT2D eigenvalue weighted by molar-refractivity contribution is 0.0732. The Morgan fingerprint density at radius 1 is 1.22 bits per heavy atom. The standard InChI is InChI=1S/C19H15NO3/c1-12-8-9-17(18-15(12)6-3-7-16(18)21)23-19(22)14-5-2-4-13(10-14)11-20/h2,4-5,8-10H,3,6-7H2,1H3. The first-order chi connectivity index (χ1) is 11.1. The van der Waals surface area contributed by atoms with Gasteiger partial charge in [0.25, 0.3) is 0 Å². The van der Waals surface area contributed by atoms with Crippen LogP contribution in [0.1, 0.15) is 50.2 Å². The normalized spacial score (nSPS) is 13.1. The molecule has 0 aliphatic heterocycles. The number of carbonyl (C=O) groups is 2. The van der Waals surface area contributed by atoms with E-state index in [4.69, 9.17) is 10.00 Å². The number of Topliss-reactive ketones (excluding diaryl/α,β-unsaturated/α-hetero) is 1. The molecule has 0 radical (unpaired) electrons. The fraction of sp³-hybridized carbons (Fsp3) is 0.211. The van der Waals surface area contributed by atoms with Crippen LogP contribution in [0.5, 0.6) is 5.75 Å². The van der Waals surface area contributed by atoms with Crippen molar-refractivity contribution in [2.45, 2.75) is 26.2 Å². The summed E-state index contributed by atoms with van der Waals surface area (Å²) in [5.74, 6) is -0.238. The molecule has 0 N–H and O–H groups in total. The van der Waals surface area contributed by atoms with Crippen molar-refractivity contribution in [3.63, 3.8) is 0 Å². The molecule has 0 amide bonds. The molecule has 4 nitrogen and oxygen atoms in total. The minimum absolute atomic E-state index is 0.0172. The highest BCUT2D eigenvalue weighted by molar-refractivity contribution is 6.02. The summed E-state index contributed by atoms with van der Waals surface area (Å²) >= 11 is 0. The average Bonchev–Trinajstić information content (AvgIpc) is 2.57. The fourth-order valence-corrected chi connectivity index (χ4v) is 2.87. The average molecular weight is 305 g/mol. The lowest BCUT2D eigenvalue weighted by Gasteiger charge is -2.20. The van der Waals surface area contributed by atoms with Gasteiger partial charge in [-0.2, -0.15) is 5.26 Å². The summed E-state index contributed by atoms with van der Waals surface area (Å²) in [6.45, 7) is 1.96. The molecule has 0 atom stereocenters. The van der Waals surface area contributed by atoms with Gasteiger partial charge in [0.1, 0.15) is 5.75 Å². The number of nitriles is 1. The molecular weight excluding hydrogens is 290 g/mol. The van der Waals surface area contributed by atoms with E-state index < -0.39 is 5.97 Å². The van der Waals surface area contributed by atoms with Crippen LogP contribution in [0, 0.1) is 18.3 Å². The summed E-state index contributed by atoms with van der Waals surface area (Å²) < 4.78 is 5.45. The Morgan fingerprint density at radius 3 is 2.83 bits per heavy atom. The van der Waals surface area contributed by atoms with Gasteiger partial charge < -0.3 is 4.74 Å². The van der Waals surface area contributed by atoms with Crippen LogP contribution < -0.4 is 4.74 Å². The van der Waals surface area contributed by atoms with Crippen LogP contribution in [-0.2, 0) is 6.42 Å². The van der Waals surface area contributed by atoms with E-state index in [0.29, 0.717) is 28.9 Å². The molecule has 0 saturated carbocycles. The molecule has 0 fully saturated rings. The fourth-order valence-electron chi connectivity index (χ4n) is 2.87. The molecule has 23 heavy (non-hydrogen) atoms. The molecule has 2 aromatic carbocycles. The maximum atomic E-state index is 12.3. The van der Waals surface area contributed by atoms with Crippen LogP contribution in [0.2, 0.25) is 0 Å². The van der Waals surface area contributed by atoms with Gasteiger partial charge in [-0.1, -0.05) is 12.1 Å². The Balaban J connectivity index is 1.96. The molecule has 0 unspecified atom stereocenters. The van der Waals surface area contributed by atoms with Crippen molar-refractivity contribution in [3.8, 4) is 11.8 Å². The lowest BCUT2D eigenvalue weighted by atomic mass is 9.87. The molecule has 1 aliphatic carbocycles. The molecule has 0 aromatic heterocycles. The summed E-state index contributed by atoms with van der Waals surface area (Å²) in [7, 11) is 0. The Hall–Kier alpha value is -2.93. The largest absolute Gasteiger partial charge is 0.422 e. The second-order valence-electron chi connectivity index (χ2n) is 5.59. The number of esters is 1. The quantitative estimate of drug-likeness (QED) is 0.628. The lowest BCUT2D eigenvalue weighted by Crippen LogP contribution is -2.17. The minimum atomic E-state index is -0.563. The first kappa shape index (κ1) is 15.0. The van der Waals surface area contributed by atoms with Crippen molar-refractivity contribution in [3.05, 3.63) is 64.2 Å². The minimum Gasteiger partial charge on any atom is -0.422 e. The second kappa shape index (κ2) is 6.05. The van der Waals surface area contributed by atoms with Gasteiger partial charge in [-0.05, 0) is 55.2 Å². The van der Waals surface area contributed by atoms with Crippen molar-refractivity contribution in [2.24, 2.45) is 0 Å². The van der Waals surface area contributed by atoms with Gasteiger partial charge in [-0.3, -0.25) is 4.79 Å². The number of hydrogen-bond acceptors (Lipinski definition) is 4. The highest BCUT2D eigenvalue weighted by Gasteiger charge is 2.24. The molecule has 3 rings (SSSR count). The zero-order valence-corrected chi connectivity index (χ0v) is 12.8. The number of aryl methyl sites for hydroxylation is 1. The summed E-state index contributed by atoms with van der Waals surface area (Å²) in [6.07, 6.45) is 2.13. The molecule has 0 saturated heterocycles. The number of hydrogen-bond donors (Lipinski definition) is 0. The van der Waals surface area contributed by atoms with Crippen LogP contribution >= 0.6 is 0 Å². The van der Waals surface area contributed by atoms with Gasteiger partial charge >= 0.3 is 5.97 Å². The third-order valence-corrected chi connectivity index (χ3v) is 4.05. The van der Waals surface area contributed by atoms with E-state index in [-0.39, 0.29) is 5.78 Å². The molecule has 4 heteroatoms. The zero-order valence-electron chi connectivity index (χ0n) is 12.8. The van der Waals surface area contributed by atoms with E-state index in [1.54, 1.807) is 24.3 Å². The molecular formula is C19H15NO3.